The smallest absolute Gasteiger partial charge is 0.508 e. The standard InChI is InChI=1S/C22H23F3N2O4/c1-14(21(30)26-17-4-8-19(9-5-17)31-22(23,24)25)27-12-10-16(11-13-27)20(29)15-2-6-18(28)7-3-15/h2-9,14,16,28H,10-13H2,1H3,(H,26,30). The third-order valence-electron chi connectivity index (χ3n) is 5.33. The van der Waals surface area contributed by atoms with Gasteiger partial charge >= 0.3 is 6.36 Å². The first kappa shape index (κ1) is 22.6. The summed E-state index contributed by atoms with van der Waals surface area (Å²) in [5.74, 6) is -0.657. The van der Waals surface area contributed by atoms with E-state index in [1.54, 1.807) is 19.1 Å². The number of ether oxygens (including phenoxy) is 1. The van der Waals surface area contributed by atoms with Crippen molar-refractivity contribution in [1.82, 2.24) is 4.90 Å². The van der Waals surface area contributed by atoms with Crippen molar-refractivity contribution in [2.75, 3.05) is 18.4 Å². The van der Waals surface area contributed by atoms with E-state index in [9.17, 15) is 27.9 Å². The number of alkyl halides is 3. The van der Waals surface area contributed by atoms with E-state index in [0.29, 0.717) is 37.2 Å². The zero-order valence-electron chi connectivity index (χ0n) is 16.9. The summed E-state index contributed by atoms with van der Waals surface area (Å²) in [5, 5.41) is 12.0. The van der Waals surface area contributed by atoms with E-state index in [1.165, 1.54) is 24.3 Å². The summed E-state index contributed by atoms with van der Waals surface area (Å²) in [6, 6.07) is 10.7. The molecular formula is C22H23F3N2O4. The lowest BCUT2D eigenvalue weighted by Crippen LogP contribution is -2.47. The SMILES string of the molecule is CC(C(=O)Nc1ccc(OC(F)(F)F)cc1)N1CCC(C(=O)c2ccc(O)cc2)CC1. The number of piperidine rings is 1. The molecule has 166 valence electrons. The van der Waals surface area contributed by atoms with Crippen LogP contribution in [0.3, 0.4) is 0 Å². The number of likely N-dealkylation sites (tertiary alicyclic amines) is 1. The predicted octanol–water partition coefficient (Wildman–Crippen LogP) is 4.21. The number of phenolic OH excluding ortho intramolecular Hbond substituents is 1. The number of nitrogens with one attached hydrogen (secondary N) is 1. The molecule has 1 saturated heterocycles. The van der Waals surface area contributed by atoms with Crippen LogP contribution in [0, 0.1) is 5.92 Å². The molecule has 0 aromatic heterocycles. The molecule has 1 unspecified atom stereocenters. The number of anilines is 1. The molecule has 0 saturated carbocycles. The molecule has 3 rings (SSSR count). The molecule has 9 heteroatoms. The molecule has 1 atom stereocenters. The van der Waals surface area contributed by atoms with Gasteiger partial charge in [-0.25, -0.2) is 0 Å². The van der Waals surface area contributed by atoms with E-state index >= 15 is 0 Å². The lowest BCUT2D eigenvalue weighted by molar-refractivity contribution is -0.274. The highest BCUT2D eigenvalue weighted by molar-refractivity contribution is 5.98. The van der Waals surface area contributed by atoms with E-state index in [2.05, 4.69) is 10.1 Å². The Hall–Kier alpha value is -3.07. The van der Waals surface area contributed by atoms with Crippen LogP contribution in [0.4, 0.5) is 18.9 Å². The van der Waals surface area contributed by atoms with Crippen molar-refractivity contribution < 1.29 is 32.6 Å². The van der Waals surface area contributed by atoms with Crippen LogP contribution in [-0.4, -0.2) is 47.2 Å². The predicted molar refractivity (Wildman–Crippen MR) is 108 cm³/mol. The summed E-state index contributed by atoms with van der Waals surface area (Å²) in [5.41, 5.74) is 0.920. The summed E-state index contributed by atoms with van der Waals surface area (Å²) in [7, 11) is 0. The maximum atomic E-state index is 12.6. The van der Waals surface area contributed by atoms with Gasteiger partial charge in [-0.2, -0.15) is 0 Å². The topological polar surface area (TPSA) is 78.9 Å². The third-order valence-corrected chi connectivity index (χ3v) is 5.33. The van der Waals surface area contributed by atoms with Crippen LogP contribution in [0.25, 0.3) is 0 Å². The summed E-state index contributed by atoms with van der Waals surface area (Å²) < 4.78 is 40.5. The third kappa shape index (κ3) is 6.21. The summed E-state index contributed by atoms with van der Waals surface area (Å²) in [6.45, 7) is 2.89. The molecule has 1 aliphatic rings. The average molecular weight is 436 g/mol. The van der Waals surface area contributed by atoms with E-state index in [-0.39, 0.29) is 29.1 Å². The number of ketones is 1. The van der Waals surface area contributed by atoms with Crippen molar-refractivity contribution in [1.29, 1.82) is 0 Å². The molecule has 2 N–H and O–H groups in total. The number of rotatable bonds is 6. The van der Waals surface area contributed by atoms with E-state index in [1.807, 2.05) is 4.90 Å². The number of benzene rings is 2. The van der Waals surface area contributed by atoms with E-state index < -0.39 is 12.4 Å². The van der Waals surface area contributed by atoms with Gasteiger partial charge in [-0.3, -0.25) is 14.5 Å². The summed E-state index contributed by atoms with van der Waals surface area (Å²) >= 11 is 0. The number of aromatic hydroxyl groups is 1. The minimum Gasteiger partial charge on any atom is -0.508 e. The van der Waals surface area contributed by atoms with Crippen molar-refractivity contribution in [3.8, 4) is 11.5 Å². The Morgan fingerprint density at radius 2 is 1.65 bits per heavy atom. The minimum atomic E-state index is -4.77. The van der Waals surface area contributed by atoms with Crippen LogP contribution in [0.5, 0.6) is 11.5 Å². The fourth-order valence-corrected chi connectivity index (χ4v) is 3.56. The molecule has 2 aromatic rings. The van der Waals surface area contributed by atoms with Gasteiger partial charge in [0.25, 0.3) is 0 Å². The number of hydrogen-bond donors (Lipinski definition) is 2. The Morgan fingerprint density at radius 1 is 1.06 bits per heavy atom. The number of carbonyl (C=O) groups is 2. The van der Waals surface area contributed by atoms with Crippen LogP contribution < -0.4 is 10.1 Å². The van der Waals surface area contributed by atoms with Gasteiger partial charge in [0.1, 0.15) is 11.5 Å². The lowest BCUT2D eigenvalue weighted by atomic mass is 9.88. The van der Waals surface area contributed by atoms with Crippen molar-refractivity contribution in [2.45, 2.75) is 32.2 Å². The molecule has 31 heavy (non-hydrogen) atoms. The Morgan fingerprint density at radius 3 is 2.19 bits per heavy atom. The van der Waals surface area contributed by atoms with Crippen molar-refractivity contribution in [2.24, 2.45) is 5.92 Å². The molecule has 0 radical (unpaired) electrons. The molecular weight excluding hydrogens is 413 g/mol. The minimum absolute atomic E-state index is 0.0259. The van der Waals surface area contributed by atoms with Gasteiger partial charge in [0.05, 0.1) is 6.04 Å². The zero-order chi connectivity index (χ0) is 22.6. The van der Waals surface area contributed by atoms with Gasteiger partial charge in [0, 0.05) is 17.2 Å². The molecule has 1 amide bonds. The largest absolute Gasteiger partial charge is 0.573 e. The highest BCUT2D eigenvalue weighted by Gasteiger charge is 2.32. The van der Waals surface area contributed by atoms with Crippen molar-refractivity contribution in [3.05, 3.63) is 54.1 Å². The molecule has 1 fully saturated rings. The first-order chi connectivity index (χ1) is 14.6. The average Bonchev–Trinajstić information content (AvgIpc) is 2.74. The fourth-order valence-electron chi connectivity index (χ4n) is 3.56. The quantitative estimate of drug-likeness (QED) is 0.664. The van der Waals surface area contributed by atoms with Gasteiger partial charge < -0.3 is 15.2 Å². The number of amides is 1. The zero-order valence-corrected chi connectivity index (χ0v) is 16.9. The van der Waals surface area contributed by atoms with E-state index in [4.69, 9.17) is 0 Å². The highest BCUT2D eigenvalue weighted by atomic mass is 19.4. The number of nitrogens with zero attached hydrogens (tertiary/aromatic N) is 1. The molecule has 2 aromatic carbocycles. The monoisotopic (exact) mass is 436 g/mol. The Balaban J connectivity index is 1.50. The number of halogens is 3. The Kier molecular flexibility index (Phi) is 6.84. The molecule has 0 aliphatic carbocycles. The van der Waals surface area contributed by atoms with Crippen molar-refractivity contribution in [3.63, 3.8) is 0 Å². The Bertz CT molecular complexity index is 906. The second kappa shape index (κ2) is 9.38. The highest BCUT2D eigenvalue weighted by Crippen LogP contribution is 2.26. The van der Waals surface area contributed by atoms with Crippen LogP contribution in [-0.2, 0) is 4.79 Å². The van der Waals surface area contributed by atoms with Crippen LogP contribution in [0.15, 0.2) is 48.5 Å². The lowest BCUT2D eigenvalue weighted by Gasteiger charge is -2.34. The van der Waals surface area contributed by atoms with Gasteiger partial charge in [-0.1, -0.05) is 0 Å². The molecule has 1 heterocycles. The number of phenols is 1. The summed E-state index contributed by atoms with van der Waals surface area (Å²) in [6.07, 6.45) is -3.54. The first-order valence-corrected chi connectivity index (χ1v) is 9.86. The second-order valence-corrected chi connectivity index (χ2v) is 7.46. The van der Waals surface area contributed by atoms with Crippen LogP contribution in [0.1, 0.15) is 30.1 Å². The van der Waals surface area contributed by atoms with Crippen molar-refractivity contribution >= 4 is 17.4 Å². The number of Topliss-reactive ketones (excluding diaryl/α,β-unsaturated/α-hetero) is 1. The maximum Gasteiger partial charge on any atom is 0.573 e. The van der Waals surface area contributed by atoms with Gasteiger partial charge in [0.2, 0.25) is 5.91 Å². The van der Waals surface area contributed by atoms with Gasteiger partial charge in [-0.05, 0) is 81.4 Å². The van der Waals surface area contributed by atoms with Crippen LogP contribution >= 0.6 is 0 Å². The molecule has 0 bridgehead atoms. The Labute approximate surface area is 177 Å². The van der Waals surface area contributed by atoms with E-state index in [0.717, 1.165) is 12.1 Å². The van der Waals surface area contributed by atoms with Gasteiger partial charge in [-0.15, -0.1) is 13.2 Å². The number of carbonyl (C=O) groups excluding carboxylic acids is 2. The van der Waals surface area contributed by atoms with Gasteiger partial charge in [0.15, 0.2) is 5.78 Å². The second-order valence-electron chi connectivity index (χ2n) is 7.46. The molecule has 0 spiro atoms. The summed E-state index contributed by atoms with van der Waals surface area (Å²) in [4.78, 5) is 27.1. The molecule has 6 nitrogen and oxygen atoms in total. The normalized spacial score (nSPS) is 16.5. The maximum absolute atomic E-state index is 12.6. The molecule has 1 aliphatic heterocycles. The number of hydrogen-bond acceptors (Lipinski definition) is 5. The van der Waals surface area contributed by atoms with Crippen LogP contribution in [0.2, 0.25) is 0 Å². The fraction of sp³-hybridized carbons (Fsp3) is 0.364. The first-order valence-electron chi connectivity index (χ1n) is 9.86.